The summed E-state index contributed by atoms with van der Waals surface area (Å²) in [7, 11) is 0. The zero-order chi connectivity index (χ0) is 23.8. The topological polar surface area (TPSA) is 72.8 Å². The Balaban J connectivity index is 2.14. The molecule has 0 heterocycles. The maximum atomic E-state index is 12.2. The smallest absolute Gasteiger partial charge is 0.308 e. The summed E-state index contributed by atoms with van der Waals surface area (Å²) in [6.07, 6.45) is 4.57. The fourth-order valence-corrected chi connectivity index (χ4v) is 6.62. The molecular formula is C26H33IO5. The first kappa shape index (κ1) is 25.0. The van der Waals surface area contributed by atoms with Crippen molar-refractivity contribution in [3.8, 4) is 5.75 Å². The van der Waals surface area contributed by atoms with Crippen molar-refractivity contribution in [2.45, 2.75) is 59.7 Å². The molecule has 1 unspecified atom stereocenters. The number of aliphatic hydroxyl groups is 1. The molecular weight excluding hydrogens is 519 g/mol. The van der Waals surface area contributed by atoms with Crippen LogP contribution in [0.5, 0.6) is 5.75 Å². The molecule has 2 aliphatic rings. The highest BCUT2D eigenvalue weighted by atomic mass is 127. The third-order valence-electron chi connectivity index (χ3n) is 7.01. The minimum absolute atomic E-state index is 0.0280. The van der Waals surface area contributed by atoms with Crippen LogP contribution in [0.15, 0.2) is 46.1 Å². The summed E-state index contributed by atoms with van der Waals surface area (Å²) in [5, 5.41) is 11.3. The Morgan fingerprint density at radius 3 is 2.31 bits per heavy atom. The van der Waals surface area contributed by atoms with Gasteiger partial charge in [0.05, 0.1) is 5.60 Å². The Hall–Kier alpha value is -1.67. The average molecular weight is 552 g/mol. The second kappa shape index (κ2) is 9.29. The molecule has 0 saturated heterocycles. The fourth-order valence-electron chi connectivity index (χ4n) is 6.17. The van der Waals surface area contributed by atoms with Gasteiger partial charge in [-0.2, -0.15) is 0 Å². The normalized spacial score (nSPS) is 32.2. The van der Waals surface area contributed by atoms with Crippen LogP contribution in [0, 0.1) is 29.1 Å². The van der Waals surface area contributed by atoms with Gasteiger partial charge in [-0.25, -0.2) is 0 Å². The number of ether oxygens (including phenoxy) is 2. The molecule has 32 heavy (non-hydrogen) atoms. The summed E-state index contributed by atoms with van der Waals surface area (Å²) in [6, 6.07) is 7.18. The van der Waals surface area contributed by atoms with E-state index in [0.717, 1.165) is 5.56 Å². The summed E-state index contributed by atoms with van der Waals surface area (Å²) in [4.78, 5) is 23.5. The van der Waals surface area contributed by atoms with Gasteiger partial charge in [0.2, 0.25) is 0 Å². The van der Waals surface area contributed by atoms with Crippen molar-refractivity contribution in [3.05, 3.63) is 51.6 Å². The van der Waals surface area contributed by atoms with Gasteiger partial charge in [0, 0.05) is 31.6 Å². The predicted molar refractivity (Wildman–Crippen MR) is 132 cm³/mol. The van der Waals surface area contributed by atoms with Gasteiger partial charge in [0.1, 0.15) is 11.9 Å². The number of carbonyl (C=O) groups is 2. The second-order valence-electron chi connectivity index (χ2n) is 10.1. The molecule has 0 aromatic heterocycles. The Kier molecular flexibility index (Phi) is 7.25. The number of fused-ring (bicyclic) bond motifs is 1. The second-order valence-corrected chi connectivity index (χ2v) is 10.8. The van der Waals surface area contributed by atoms with Crippen molar-refractivity contribution < 1.29 is 24.2 Å². The summed E-state index contributed by atoms with van der Waals surface area (Å²) in [5.41, 5.74) is 1.05. The van der Waals surface area contributed by atoms with Gasteiger partial charge in [-0.05, 0) is 53.4 Å². The van der Waals surface area contributed by atoms with Crippen molar-refractivity contribution in [3.63, 3.8) is 0 Å². The van der Waals surface area contributed by atoms with Crippen LogP contribution in [0.1, 0.15) is 59.6 Å². The van der Waals surface area contributed by atoms with Crippen LogP contribution in [-0.4, -0.2) is 22.6 Å². The summed E-state index contributed by atoms with van der Waals surface area (Å²) in [5.74, 6) is -0.179. The lowest BCUT2D eigenvalue weighted by molar-refractivity contribution is -0.154. The molecule has 174 valence electrons. The van der Waals surface area contributed by atoms with E-state index in [1.165, 1.54) is 19.4 Å². The van der Waals surface area contributed by atoms with Crippen molar-refractivity contribution in [2.24, 2.45) is 29.1 Å². The van der Waals surface area contributed by atoms with Gasteiger partial charge in [-0.3, -0.25) is 9.59 Å². The van der Waals surface area contributed by atoms with E-state index < -0.39 is 11.7 Å². The van der Waals surface area contributed by atoms with E-state index in [9.17, 15) is 14.7 Å². The first-order valence-corrected chi connectivity index (χ1v) is 12.2. The van der Waals surface area contributed by atoms with Crippen LogP contribution < -0.4 is 4.74 Å². The number of hydrogen-bond donors (Lipinski definition) is 1. The quantitative estimate of drug-likeness (QED) is 0.217. The zero-order valence-electron chi connectivity index (χ0n) is 19.6. The molecule has 0 spiro atoms. The zero-order valence-corrected chi connectivity index (χ0v) is 21.8. The number of rotatable bonds is 5. The summed E-state index contributed by atoms with van der Waals surface area (Å²) < 4.78 is 13.2. The van der Waals surface area contributed by atoms with Crippen molar-refractivity contribution in [2.75, 3.05) is 0 Å². The SMILES string of the molecule is CC(=O)Oc1ccc([C@H](OC(C)=O)C2[C@@H]3[C@@H](C=C(C)[C@@H]2/C=C\I)[C@](C)(O)CC3(C)C)cc1. The van der Waals surface area contributed by atoms with Gasteiger partial charge < -0.3 is 14.6 Å². The number of hydrogen-bond acceptors (Lipinski definition) is 5. The van der Waals surface area contributed by atoms with Crippen molar-refractivity contribution in [1.29, 1.82) is 0 Å². The molecule has 2 aliphatic carbocycles. The Morgan fingerprint density at radius 1 is 1.16 bits per heavy atom. The number of allylic oxidation sites excluding steroid dienone is 2. The molecule has 0 bridgehead atoms. The number of esters is 2. The molecule has 1 aromatic carbocycles. The molecule has 0 amide bonds. The molecule has 5 nitrogen and oxygen atoms in total. The number of benzene rings is 1. The van der Waals surface area contributed by atoms with Crippen LogP contribution in [0.25, 0.3) is 0 Å². The third kappa shape index (κ3) is 4.96. The van der Waals surface area contributed by atoms with Crippen LogP contribution >= 0.6 is 22.6 Å². The Morgan fingerprint density at radius 2 is 1.78 bits per heavy atom. The highest BCUT2D eigenvalue weighted by Crippen LogP contribution is 2.62. The largest absolute Gasteiger partial charge is 0.457 e. The summed E-state index contributed by atoms with van der Waals surface area (Å²) >= 11 is 2.23. The summed E-state index contributed by atoms with van der Waals surface area (Å²) in [6.45, 7) is 11.2. The maximum absolute atomic E-state index is 12.2. The molecule has 1 N–H and O–H groups in total. The van der Waals surface area contributed by atoms with Crippen LogP contribution in [0.4, 0.5) is 0 Å². The lowest BCUT2D eigenvalue weighted by Crippen LogP contribution is -2.43. The van der Waals surface area contributed by atoms with Crippen molar-refractivity contribution in [1.82, 2.24) is 0 Å². The lowest BCUT2D eigenvalue weighted by Gasteiger charge is -2.47. The monoisotopic (exact) mass is 552 g/mol. The third-order valence-corrected chi connectivity index (χ3v) is 7.43. The molecule has 0 radical (unpaired) electrons. The fraction of sp³-hybridized carbons (Fsp3) is 0.538. The highest BCUT2D eigenvalue weighted by Gasteiger charge is 2.60. The molecule has 6 heteroatoms. The van der Waals surface area contributed by atoms with E-state index in [0.29, 0.717) is 12.2 Å². The Labute approximate surface area is 204 Å². The minimum atomic E-state index is -0.827. The highest BCUT2D eigenvalue weighted by molar-refractivity contribution is 14.1. The van der Waals surface area contributed by atoms with Crippen LogP contribution in [0.3, 0.4) is 0 Å². The van der Waals surface area contributed by atoms with Gasteiger partial charge in [0.25, 0.3) is 0 Å². The van der Waals surface area contributed by atoms with E-state index in [1.54, 1.807) is 12.1 Å². The standard InChI is InChI=1S/C26H33IO5/c1-15-13-21-23(25(4,5)14-26(21,6)30)22(20(15)11-12-27)24(32-17(3)29)18-7-9-19(10-8-18)31-16(2)28/h7-13,20-24,30H,14H2,1-6H3/b12-11-/t20-,21+,22?,23-,24-,26+/m0/s1. The number of halogens is 1. The molecule has 0 aliphatic heterocycles. The average Bonchev–Trinajstić information content (AvgIpc) is 2.84. The number of carbonyl (C=O) groups excluding carboxylic acids is 2. The van der Waals surface area contributed by atoms with E-state index in [-0.39, 0.29) is 41.0 Å². The van der Waals surface area contributed by atoms with E-state index in [2.05, 4.69) is 55.5 Å². The van der Waals surface area contributed by atoms with E-state index in [4.69, 9.17) is 9.47 Å². The first-order valence-electron chi connectivity index (χ1n) is 11.0. The van der Waals surface area contributed by atoms with Gasteiger partial charge in [-0.1, -0.05) is 66.3 Å². The molecule has 1 aromatic rings. The van der Waals surface area contributed by atoms with Crippen LogP contribution in [-0.2, 0) is 14.3 Å². The molecule has 6 atom stereocenters. The van der Waals surface area contributed by atoms with Gasteiger partial charge in [-0.15, -0.1) is 0 Å². The maximum Gasteiger partial charge on any atom is 0.308 e. The predicted octanol–water partition coefficient (Wildman–Crippen LogP) is 5.77. The molecule has 1 saturated carbocycles. The first-order chi connectivity index (χ1) is 14.9. The van der Waals surface area contributed by atoms with E-state index >= 15 is 0 Å². The van der Waals surface area contributed by atoms with Crippen molar-refractivity contribution >= 4 is 34.5 Å². The Bertz CT molecular complexity index is 928. The van der Waals surface area contributed by atoms with Gasteiger partial charge >= 0.3 is 11.9 Å². The van der Waals surface area contributed by atoms with Gasteiger partial charge in [0.15, 0.2) is 0 Å². The lowest BCUT2D eigenvalue weighted by atomic mass is 9.59. The molecule has 1 fully saturated rings. The van der Waals surface area contributed by atoms with Crippen LogP contribution in [0.2, 0.25) is 0 Å². The van der Waals surface area contributed by atoms with E-state index in [1.807, 2.05) is 23.1 Å². The minimum Gasteiger partial charge on any atom is -0.457 e. The molecule has 3 rings (SSSR count).